The SMILES string of the molecule is O=C(NCc1nn(-c2ccccc2)c2c1CCC2)C1CCCN(S(=O)(=O)c2ccccc2)C1. The van der Waals surface area contributed by atoms with Gasteiger partial charge in [0.25, 0.3) is 0 Å². The molecule has 0 radical (unpaired) electrons. The Labute approximate surface area is 194 Å². The highest BCUT2D eigenvalue weighted by Gasteiger charge is 2.33. The standard InChI is InChI=1S/C25H28N4O3S/c30-25(19-9-8-16-28(18-19)33(31,32)21-12-5-2-6-13-21)26-17-23-22-14-7-15-24(22)29(27-23)20-10-3-1-4-11-20/h1-6,10-13,19H,7-9,14-18H2,(H,26,30). The van der Waals surface area contributed by atoms with E-state index >= 15 is 0 Å². The third-order valence-corrected chi connectivity index (χ3v) is 8.46. The third-order valence-electron chi connectivity index (χ3n) is 6.58. The number of fused-ring (bicyclic) bond motifs is 1. The van der Waals surface area contributed by atoms with Crippen LogP contribution in [0.5, 0.6) is 0 Å². The number of para-hydroxylation sites is 1. The molecule has 1 saturated heterocycles. The van der Waals surface area contributed by atoms with Gasteiger partial charge in [-0.25, -0.2) is 13.1 Å². The zero-order valence-corrected chi connectivity index (χ0v) is 19.3. The number of hydrogen-bond acceptors (Lipinski definition) is 4. The van der Waals surface area contributed by atoms with Crippen molar-refractivity contribution < 1.29 is 13.2 Å². The average molecular weight is 465 g/mol. The molecule has 1 aromatic heterocycles. The fraction of sp³-hybridized carbons (Fsp3) is 0.360. The largest absolute Gasteiger partial charge is 0.350 e. The summed E-state index contributed by atoms with van der Waals surface area (Å²) in [7, 11) is -3.59. The van der Waals surface area contributed by atoms with Crippen LogP contribution in [0.1, 0.15) is 36.2 Å². The number of rotatable bonds is 6. The lowest BCUT2D eigenvalue weighted by Crippen LogP contribution is -2.45. The number of nitrogens with one attached hydrogen (secondary N) is 1. The summed E-state index contributed by atoms with van der Waals surface area (Å²) in [5, 5.41) is 7.85. The number of amides is 1. The van der Waals surface area contributed by atoms with Gasteiger partial charge in [0.15, 0.2) is 0 Å². The maximum Gasteiger partial charge on any atom is 0.243 e. The van der Waals surface area contributed by atoms with E-state index in [9.17, 15) is 13.2 Å². The number of carbonyl (C=O) groups is 1. The molecule has 8 heteroatoms. The third kappa shape index (κ3) is 4.32. The van der Waals surface area contributed by atoms with E-state index in [0.717, 1.165) is 30.6 Å². The van der Waals surface area contributed by atoms with Crippen molar-refractivity contribution in [3.8, 4) is 5.69 Å². The zero-order valence-electron chi connectivity index (χ0n) is 18.5. The molecule has 2 aromatic carbocycles. The summed E-state index contributed by atoms with van der Waals surface area (Å²) in [4.78, 5) is 13.3. The van der Waals surface area contributed by atoms with Gasteiger partial charge in [-0.05, 0) is 61.9 Å². The molecule has 0 saturated carbocycles. The van der Waals surface area contributed by atoms with E-state index in [1.54, 1.807) is 30.3 Å². The van der Waals surface area contributed by atoms with Crippen LogP contribution < -0.4 is 5.32 Å². The molecule has 172 valence electrons. The first kappa shape index (κ1) is 21.9. The average Bonchev–Trinajstić information content (AvgIpc) is 3.47. The summed E-state index contributed by atoms with van der Waals surface area (Å²) < 4.78 is 29.4. The van der Waals surface area contributed by atoms with Crippen LogP contribution in [0.25, 0.3) is 5.69 Å². The molecule has 2 heterocycles. The van der Waals surface area contributed by atoms with Gasteiger partial charge in [-0.1, -0.05) is 36.4 Å². The van der Waals surface area contributed by atoms with Crippen molar-refractivity contribution in [2.24, 2.45) is 5.92 Å². The molecule has 5 rings (SSSR count). The topological polar surface area (TPSA) is 84.3 Å². The van der Waals surface area contributed by atoms with Gasteiger partial charge in [-0.2, -0.15) is 9.40 Å². The number of benzene rings is 2. The smallest absolute Gasteiger partial charge is 0.243 e. The molecule has 1 N–H and O–H groups in total. The van der Waals surface area contributed by atoms with E-state index < -0.39 is 10.0 Å². The van der Waals surface area contributed by atoms with E-state index in [1.165, 1.54) is 15.6 Å². The summed E-state index contributed by atoms with van der Waals surface area (Å²) in [6.45, 7) is 1.01. The molecule has 1 fully saturated rings. The van der Waals surface area contributed by atoms with Gasteiger partial charge in [0.2, 0.25) is 15.9 Å². The van der Waals surface area contributed by atoms with Gasteiger partial charge in [-0.15, -0.1) is 0 Å². The zero-order chi connectivity index (χ0) is 22.8. The molecule has 1 unspecified atom stereocenters. The molecule has 2 aliphatic rings. The molecule has 1 aliphatic heterocycles. The van der Waals surface area contributed by atoms with Crippen LogP contribution in [-0.4, -0.2) is 41.5 Å². The van der Waals surface area contributed by atoms with E-state index in [1.807, 2.05) is 35.0 Å². The molecular formula is C25H28N4O3S. The number of nitrogens with zero attached hydrogens (tertiary/aromatic N) is 3. The molecule has 0 spiro atoms. The van der Waals surface area contributed by atoms with Gasteiger partial charge in [0, 0.05) is 18.8 Å². The molecular weight excluding hydrogens is 436 g/mol. The Morgan fingerprint density at radius 1 is 1.00 bits per heavy atom. The van der Waals surface area contributed by atoms with Crippen LogP contribution in [0, 0.1) is 5.92 Å². The van der Waals surface area contributed by atoms with E-state index in [0.29, 0.717) is 25.9 Å². The number of piperidine rings is 1. The van der Waals surface area contributed by atoms with Crippen LogP contribution in [0.2, 0.25) is 0 Å². The molecule has 7 nitrogen and oxygen atoms in total. The van der Waals surface area contributed by atoms with Crippen LogP contribution in [0.15, 0.2) is 65.6 Å². The fourth-order valence-corrected chi connectivity index (χ4v) is 6.41. The molecule has 1 atom stereocenters. The van der Waals surface area contributed by atoms with Gasteiger partial charge < -0.3 is 5.32 Å². The Morgan fingerprint density at radius 2 is 1.73 bits per heavy atom. The second kappa shape index (κ2) is 9.11. The van der Waals surface area contributed by atoms with Crippen molar-refractivity contribution in [2.45, 2.75) is 43.5 Å². The van der Waals surface area contributed by atoms with Crippen molar-refractivity contribution in [1.82, 2.24) is 19.4 Å². The normalized spacial score (nSPS) is 18.7. The van der Waals surface area contributed by atoms with Crippen LogP contribution in [-0.2, 0) is 34.2 Å². The Hall–Kier alpha value is -2.97. The van der Waals surface area contributed by atoms with Crippen molar-refractivity contribution >= 4 is 15.9 Å². The van der Waals surface area contributed by atoms with Crippen molar-refractivity contribution in [3.05, 3.63) is 77.6 Å². The molecule has 3 aromatic rings. The fourth-order valence-electron chi connectivity index (χ4n) is 4.87. The quantitative estimate of drug-likeness (QED) is 0.608. The first-order valence-electron chi connectivity index (χ1n) is 11.5. The monoisotopic (exact) mass is 464 g/mol. The lowest BCUT2D eigenvalue weighted by atomic mass is 9.99. The van der Waals surface area contributed by atoms with E-state index in [2.05, 4.69) is 5.32 Å². The summed E-state index contributed by atoms with van der Waals surface area (Å²) in [6.07, 6.45) is 4.40. The van der Waals surface area contributed by atoms with Gasteiger partial charge >= 0.3 is 0 Å². The minimum absolute atomic E-state index is 0.107. The maximum absolute atomic E-state index is 13.0. The van der Waals surface area contributed by atoms with E-state index in [4.69, 9.17) is 5.10 Å². The number of sulfonamides is 1. The Morgan fingerprint density at radius 3 is 2.48 bits per heavy atom. The summed E-state index contributed by atoms with van der Waals surface area (Å²) in [5.74, 6) is -0.467. The number of aromatic nitrogens is 2. The highest BCUT2D eigenvalue weighted by Crippen LogP contribution is 2.28. The van der Waals surface area contributed by atoms with Crippen LogP contribution >= 0.6 is 0 Å². The Balaban J connectivity index is 1.27. The summed E-state index contributed by atoms with van der Waals surface area (Å²) in [5.41, 5.74) is 4.39. The predicted octanol–water partition coefficient (Wildman–Crippen LogP) is 3.08. The second-order valence-electron chi connectivity index (χ2n) is 8.71. The predicted molar refractivity (Wildman–Crippen MR) is 125 cm³/mol. The summed E-state index contributed by atoms with van der Waals surface area (Å²) >= 11 is 0. The lowest BCUT2D eigenvalue weighted by Gasteiger charge is -2.31. The van der Waals surface area contributed by atoms with Crippen LogP contribution in [0.3, 0.4) is 0 Å². The van der Waals surface area contributed by atoms with E-state index in [-0.39, 0.29) is 23.3 Å². The van der Waals surface area contributed by atoms with Crippen molar-refractivity contribution in [1.29, 1.82) is 0 Å². The highest BCUT2D eigenvalue weighted by molar-refractivity contribution is 7.89. The van der Waals surface area contributed by atoms with Gasteiger partial charge in [0.1, 0.15) is 0 Å². The minimum Gasteiger partial charge on any atom is -0.350 e. The first-order valence-corrected chi connectivity index (χ1v) is 13.0. The van der Waals surface area contributed by atoms with Crippen LogP contribution in [0.4, 0.5) is 0 Å². The Kier molecular flexibility index (Phi) is 6.03. The molecule has 1 aliphatic carbocycles. The van der Waals surface area contributed by atoms with Crippen molar-refractivity contribution in [2.75, 3.05) is 13.1 Å². The number of hydrogen-bond donors (Lipinski definition) is 1. The van der Waals surface area contributed by atoms with Gasteiger partial charge in [-0.3, -0.25) is 4.79 Å². The summed E-state index contributed by atoms with van der Waals surface area (Å²) in [6, 6.07) is 18.5. The van der Waals surface area contributed by atoms with Gasteiger partial charge in [0.05, 0.1) is 28.7 Å². The maximum atomic E-state index is 13.0. The Bertz CT molecular complexity index is 1240. The first-order chi connectivity index (χ1) is 16.0. The van der Waals surface area contributed by atoms with Crippen molar-refractivity contribution in [3.63, 3.8) is 0 Å². The second-order valence-corrected chi connectivity index (χ2v) is 10.6. The minimum atomic E-state index is -3.59. The molecule has 0 bridgehead atoms. The number of carbonyl (C=O) groups excluding carboxylic acids is 1. The highest BCUT2D eigenvalue weighted by atomic mass is 32.2. The molecule has 33 heavy (non-hydrogen) atoms. The molecule has 1 amide bonds. The lowest BCUT2D eigenvalue weighted by molar-refractivity contribution is -0.126.